The monoisotopic (exact) mass is 165 g/mol. The van der Waals surface area contributed by atoms with Crippen LogP contribution in [-0.2, 0) is 9.53 Å². The molecule has 0 aromatic heterocycles. The number of rotatable bonds is 3. The van der Waals surface area contributed by atoms with Gasteiger partial charge in [0.1, 0.15) is 6.07 Å². The van der Waals surface area contributed by atoms with Gasteiger partial charge in [0.25, 0.3) is 0 Å². The summed E-state index contributed by atoms with van der Waals surface area (Å²) in [6.45, 7) is 4.94. The predicted octanol–water partition coefficient (Wildman–Crippen LogP) is 1.56. The lowest BCUT2D eigenvalue weighted by Crippen LogP contribution is -1.81. The van der Waals surface area contributed by atoms with Gasteiger partial charge in [0, 0.05) is 13.2 Å². The average molecular weight is 166 g/mol. The molecule has 0 aromatic carbocycles. The van der Waals surface area contributed by atoms with Crippen LogP contribution in [0.1, 0.15) is 13.8 Å². The molecule has 0 aliphatic carbocycles. The van der Waals surface area contributed by atoms with E-state index in [-0.39, 0.29) is 0 Å². The molecule has 0 rings (SSSR count). The normalized spacial score (nSPS) is 7.10. The van der Waals surface area contributed by atoms with Gasteiger partial charge in [-0.3, -0.25) is 0 Å². The van der Waals surface area contributed by atoms with Crippen LogP contribution in [-0.4, -0.2) is 25.3 Å². The summed E-state index contributed by atoms with van der Waals surface area (Å²) in [6.07, 6.45) is 1.39. The highest BCUT2D eigenvalue weighted by atomic mass is 35.5. The third-order valence-corrected chi connectivity index (χ3v) is 0.658. The Morgan fingerprint density at radius 3 is 2.20 bits per heavy atom. The zero-order chi connectivity index (χ0) is 8.24. The molecule has 0 spiro atoms. The Morgan fingerprint density at radius 1 is 1.60 bits per heavy atom. The Morgan fingerprint density at radius 2 is 2.20 bits per heavy atom. The van der Waals surface area contributed by atoms with Crippen LogP contribution in [0.5, 0.6) is 0 Å². The number of nitrogens with zero attached hydrogens (tertiary/aromatic N) is 1. The van der Waals surface area contributed by atoms with E-state index >= 15 is 0 Å². The van der Waals surface area contributed by atoms with Crippen LogP contribution in [0, 0.1) is 0 Å². The van der Waals surface area contributed by atoms with E-state index < -0.39 is 0 Å². The Balaban J connectivity index is 0. The number of alkyl halides is 1. The van der Waals surface area contributed by atoms with Crippen LogP contribution in [0.4, 0.5) is 0 Å². The molecular formula is C6H12ClNO2. The molecule has 0 fully saturated rings. The van der Waals surface area contributed by atoms with Gasteiger partial charge in [0.05, 0.1) is 0 Å². The van der Waals surface area contributed by atoms with E-state index in [0.717, 1.165) is 0 Å². The molecule has 4 heteroatoms. The molecule has 0 unspecified atom stereocenters. The van der Waals surface area contributed by atoms with Crippen molar-refractivity contribution in [3.63, 3.8) is 0 Å². The van der Waals surface area contributed by atoms with Crippen LogP contribution >= 0.6 is 11.6 Å². The number of isocyanates is 1. The number of halogens is 1. The summed E-state index contributed by atoms with van der Waals surface area (Å²) in [7, 11) is 0. The maximum absolute atomic E-state index is 9.11. The number of ether oxygens (including phenoxy) is 1. The summed E-state index contributed by atoms with van der Waals surface area (Å²) in [6, 6.07) is 0.316. The smallest absolute Gasteiger partial charge is 0.234 e. The van der Waals surface area contributed by atoms with E-state index in [1.807, 2.05) is 6.92 Å². The third-order valence-electron chi connectivity index (χ3n) is 0.504. The maximum atomic E-state index is 9.11. The maximum Gasteiger partial charge on any atom is 0.234 e. The van der Waals surface area contributed by atoms with Gasteiger partial charge in [-0.1, -0.05) is 11.6 Å². The minimum Gasteiger partial charge on any atom is -0.366 e. The van der Waals surface area contributed by atoms with E-state index in [0.29, 0.717) is 19.2 Å². The molecule has 10 heavy (non-hydrogen) atoms. The van der Waals surface area contributed by atoms with Crippen LogP contribution in [0.25, 0.3) is 0 Å². The third kappa shape index (κ3) is 25.5. The van der Waals surface area contributed by atoms with Crippen molar-refractivity contribution in [3.05, 3.63) is 0 Å². The van der Waals surface area contributed by atoms with E-state index in [1.54, 1.807) is 6.92 Å². The zero-order valence-corrected chi connectivity index (χ0v) is 7.02. The molecule has 0 bridgehead atoms. The summed E-state index contributed by atoms with van der Waals surface area (Å²) < 4.78 is 4.60. The van der Waals surface area contributed by atoms with Crippen molar-refractivity contribution in [2.75, 3.05) is 19.2 Å². The lowest BCUT2D eigenvalue weighted by molar-refractivity contribution is 0.195. The molecule has 0 amide bonds. The van der Waals surface area contributed by atoms with Crippen molar-refractivity contribution in [1.29, 1.82) is 0 Å². The first-order valence-electron chi connectivity index (χ1n) is 3.00. The van der Waals surface area contributed by atoms with E-state index in [1.165, 1.54) is 6.08 Å². The first-order valence-corrected chi connectivity index (χ1v) is 3.54. The average Bonchev–Trinajstić information content (AvgIpc) is 1.93. The highest BCUT2D eigenvalue weighted by Gasteiger charge is 1.66. The summed E-state index contributed by atoms with van der Waals surface area (Å²) in [5, 5.41) is 0. The topological polar surface area (TPSA) is 38.7 Å². The highest BCUT2D eigenvalue weighted by molar-refractivity contribution is 6.17. The molecule has 0 saturated heterocycles. The second-order valence-corrected chi connectivity index (χ2v) is 1.39. The fraction of sp³-hybridized carbons (Fsp3) is 0.833. The Kier molecular flexibility index (Phi) is 19.5. The standard InChI is InChI=1S/C3H7ClO.C3H5NO/c1-2-5-3-4;1-2-4-3-5/h2-3H2,1H3;2H2,1H3. The Hall–Kier alpha value is -0.370. The number of carbonyl (C=O) groups excluding carboxylic acids is 1. The van der Waals surface area contributed by atoms with Gasteiger partial charge in [-0.2, -0.15) is 0 Å². The second-order valence-electron chi connectivity index (χ2n) is 1.17. The van der Waals surface area contributed by atoms with Gasteiger partial charge in [0.15, 0.2) is 0 Å². The second kappa shape index (κ2) is 15.9. The molecule has 0 saturated carbocycles. The Labute approximate surface area is 66.0 Å². The summed E-state index contributed by atoms with van der Waals surface area (Å²) in [5.74, 6) is 0. The molecular weight excluding hydrogens is 154 g/mol. The van der Waals surface area contributed by atoms with E-state index in [4.69, 9.17) is 16.4 Å². The zero-order valence-electron chi connectivity index (χ0n) is 6.26. The van der Waals surface area contributed by atoms with Gasteiger partial charge in [-0.15, -0.1) is 0 Å². The molecule has 0 aliphatic rings. The molecule has 60 valence electrons. The highest BCUT2D eigenvalue weighted by Crippen LogP contribution is 1.73. The lowest BCUT2D eigenvalue weighted by atomic mass is 10.8. The SMILES string of the molecule is CCN=C=O.CCOCCl. The summed E-state index contributed by atoms with van der Waals surface area (Å²) in [5.41, 5.74) is 0. The van der Waals surface area contributed by atoms with Crippen molar-refractivity contribution in [3.8, 4) is 0 Å². The first kappa shape index (κ1) is 12.3. The molecule has 0 aliphatic heterocycles. The van der Waals surface area contributed by atoms with Gasteiger partial charge in [-0.25, -0.2) is 9.79 Å². The molecule has 0 N–H and O–H groups in total. The summed E-state index contributed by atoms with van der Waals surface area (Å²) in [4.78, 5) is 12.3. The number of hydrogen-bond acceptors (Lipinski definition) is 3. The quantitative estimate of drug-likeness (QED) is 0.362. The van der Waals surface area contributed by atoms with E-state index in [2.05, 4.69) is 9.73 Å². The van der Waals surface area contributed by atoms with Crippen molar-refractivity contribution < 1.29 is 9.53 Å². The van der Waals surface area contributed by atoms with Crippen molar-refractivity contribution >= 4 is 17.7 Å². The molecule has 0 heterocycles. The minimum absolute atomic E-state index is 0.316. The van der Waals surface area contributed by atoms with Gasteiger partial charge < -0.3 is 4.74 Å². The van der Waals surface area contributed by atoms with Crippen LogP contribution in [0.15, 0.2) is 4.99 Å². The largest absolute Gasteiger partial charge is 0.366 e. The van der Waals surface area contributed by atoms with Crippen molar-refractivity contribution in [2.24, 2.45) is 4.99 Å². The minimum atomic E-state index is 0.316. The predicted molar refractivity (Wildman–Crippen MR) is 41.0 cm³/mol. The van der Waals surface area contributed by atoms with Crippen LogP contribution in [0.3, 0.4) is 0 Å². The fourth-order valence-electron chi connectivity index (χ4n) is 0.142. The molecule has 0 radical (unpaired) electrons. The first-order chi connectivity index (χ1) is 4.83. The van der Waals surface area contributed by atoms with Crippen molar-refractivity contribution in [2.45, 2.75) is 13.8 Å². The number of aliphatic imine (C=N–C) groups is 1. The van der Waals surface area contributed by atoms with Crippen molar-refractivity contribution in [1.82, 2.24) is 0 Å². The fourth-order valence-corrected chi connectivity index (χ4v) is 0.296. The van der Waals surface area contributed by atoms with Gasteiger partial charge in [-0.05, 0) is 13.8 Å². The van der Waals surface area contributed by atoms with Crippen LogP contribution in [0.2, 0.25) is 0 Å². The van der Waals surface area contributed by atoms with Gasteiger partial charge in [0.2, 0.25) is 6.08 Å². The number of hydrogen-bond donors (Lipinski definition) is 0. The van der Waals surface area contributed by atoms with Crippen LogP contribution < -0.4 is 0 Å². The Bertz CT molecular complexity index is 89.7. The van der Waals surface area contributed by atoms with E-state index in [9.17, 15) is 0 Å². The molecule has 3 nitrogen and oxygen atoms in total. The molecule has 0 atom stereocenters. The molecule has 0 aromatic rings. The van der Waals surface area contributed by atoms with Gasteiger partial charge >= 0.3 is 0 Å². The summed E-state index contributed by atoms with van der Waals surface area (Å²) >= 11 is 5.08. The lowest BCUT2D eigenvalue weighted by Gasteiger charge is -1.84.